The maximum Gasteiger partial charge on any atom is 4.00 e. The van der Waals surface area contributed by atoms with Gasteiger partial charge in [-0.05, 0) is 0 Å². The molecule has 0 saturated heterocycles. The molecule has 0 saturated carbocycles. The van der Waals surface area contributed by atoms with Crippen molar-refractivity contribution in [2.45, 2.75) is 0 Å². The van der Waals surface area contributed by atoms with E-state index in [2.05, 4.69) is 0 Å². The molecule has 0 aliphatic rings. The molecule has 0 spiro atoms. The molecule has 0 radical (unpaired) electrons. The maximum atomic E-state index is 8.55. The van der Waals surface area contributed by atoms with Crippen molar-refractivity contribution in [1.82, 2.24) is 0 Å². The van der Waals surface area contributed by atoms with Gasteiger partial charge >= 0.3 is 78.6 Å². The van der Waals surface area contributed by atoms with Crippen molar-refractivity contribution in [2.75, 3.05) is 0 Å². The number of phosphoric acid groups is 10. The molecular formula is Mo3O40P10Zr3-18. The van der Waals surface area contributed by atoms with Gasteiger partial charge in [0.25, 0.3) is 0 Å². The Morgan fingerprint density at radius 3 is 0.143 bits per heavy atom. The molecule has 338 valence electrons. The predicted octanol–water partition coefficient (Wildman–Crippen LogP) is -28.3. The summed E-state index contributed by atoms with van der Waals surface area (Å²) in [5.41, 5.74) is 0. The SMILES string of the molecule is O=P([O-])([O-])[O-].O=P([O-])([O-])[O-].O=P([O-])([O-])[O-].O=P([O-])([O-])[O-].O=P([O-])([O-])[O-].O=P([O-])([O-])[O-].O=P([O-])([O-])[O-].O=P([O-])([O-])[O-].O=P([O-])([O-])[O-].O=P([O-])([O-])[O-].[Mo].[Mo].[Mo].[Zr+4].[Zr+4].[Zr+4]. The molecule has 56 heavy (non-hydrogen) atoms. The summed E-state index contributed by atoms with van der Waals surface area (Å²) >= 11 is 0. The molecule has 0 unspecified atom stereocenters. The third-order valence-electron chi connectivity index (χ3n) is 0. The Hall–Kier alpha value is 5.81. The van der Waals surface area contributed by atoms with E-state index in [1.165, 1.54) is 0 Å². The van der Waals surface area contributed by atoms with Crippen LogP contribution in [0.15, 0.2) is 0 Å². The third-order valence-corrected chi connectivity index (χ3v) is 0. The fourth-order valence-electron chi connectivity index (χ4n) is 0. The Bertz CT molecular complexity index is 864. The van der Waals surface area contributed by atoms with Gasteiger partial charge in [0, 0.05) is 63.2 Å². The first-order chi connectivity index (χ1) is 20.0. The van der Waals surface area contributed by atoms with Crippen molar-refractivity contribution in [2.24, 2.45) is 0 Å². The molecule has 0 atom stereocenters. The van der Waals surface area contributed by atoms with Gasteiger partial charge < -0.3 is 192 Å². The van der Waals surface area contributed by atoms with Gasteiger partial charge in [0.1, 0.15) is 0 Å². The van der Waals surface area contributed by atoms with Gasteiger partial charge in [-0.1, -0.05) is 0 Å². The van der Waals surface area contributed by atoms with Crippen molar-refractivity contribution < 1.29 is 334 Å². The van der Waals surface area contributed by atoms with Crippen molar-refractivity contribution in [1.29, 1.82) is 0 Å². The zero-order chi connectivity index (χ0) is 45.0. The molecule has 0 amide bonds. The van der Waals surface area contributed by atoms with E-state index in [1.807, 2.05) is 0 Å². The van der Waals surface area contributed by atoms with Crippen molar-refractivity contribution in [3.8, 4) is 0 Å². The van der Waals surface area contributed by atoms with E-state index >= 15 is 0 Å². The Labute approximate surface area is 408 Å². The van der Waals surface area contributed by atoms with Gasteiger partial charge in [0.2, 0.25) is 0 Å². The Morgan fingerprint density at radius 2 is 0.143 bits per heavy atom. The number of hydrogen-bond acceptors (Lipinski definition) is 40. The Kier molecular flexibility index (Phi) is 97.7. The minimum absolute atomic E-state index is 0. The fraction of sp³-hybridized carbons (Fsp3) is 0. The van der Waals surface area contributed by atoms with Gasteiger partial charge in [-0.25, -0.2) is 0 Å². The van der Waals surface area contributed by atoms with Crippen molar-refractivity contribution in [3.63, 3.8) is 0 Å². The summed E-state index contributed by atoms with van der Waals surface area (Å²) in [7, 11) is -53.9. The summed E-state index contributed by atoms with van der Waals surface area (Å²) in [6.45, 7) is 0. The first-order valence-corrected chi connectivity index (χ1v) is 21.9. The second-order valence-electron chi connectivity index (χ2n) is 4.47. The second kappa shape index (κ2) is 50.2. The predicted molar refractivity (Wildman–Crippen MR) is 76.1 cm³/mol. The Morgan fingerprint density at radius 1 is 0.143 bits per heavy atom. The van der Waals surface area contributed by atoms with E-state index < -0.39 is 78.2 Å². The number of rotatable bonds is 0. The minimum Gasteiger partial charge on any atom is -0.822 e. The van der Waals surface area contributed by atoms with Gasteiger partial charge in [-0.15, -0.1) is 0 Å². The van der Waals surface area contributed by atoms with Crippen LogP contribution in [0.25, 0.3) is 0 Å². The minimum atomic E-state index is -5.39. The molecule has 0 aliphatic carbocycles. The zero-order valence-corrected chi connectivity index (χ0v) is 45.9. The van der Waals surface area contributed by atoms with Crippen molar-refractivity contribution in [3.05, 3.63) is 0 Å². The summed E-state index contributed by atoms with van der Waals surface area (Å²) in [4.78, 5) is 256. The topological polar surface area (TPSA) is 862 Å². The normalized spacial score (nSPS) is 10.5. The fourth-order valence-corrected chi connectivity index (χ4v) is 0. The summed E-state index contributed by atoms with van der Waals surface area (Å²) in [5.74, 6) is 0. The van der Waals surface area contributed by atoms with E-state index in [0.717, 1.165) is 0 Å². The molecule has 0 aliphatic heterocycles. The molecule has 56 heteroatoms. The van der Waals surface area contributed by atoms with E-state index in [9.17, 15) is 0 Å². The van der Waals surface area contributed by atoms with Crippen LogP contribution in [-0.4, -0.2) is 0 Å². The monoisotopic (exact) mass is 1510 g/mol. The molecule has 0 aromatic heterocycles. The molecule has 0 aromatic rings. The van der Waals surface area contributed by atoms with Crippen LogP contribution in [0.1, 0.15) is 0 Å². The van der Waals surface area contributed by atoms with E-state index in [0.29, 0.717) is 0 Å². The van der Waals surface area contributed by atoms with Crippen LogP contribution in [0.2, 0.25) is 0 Å². The molecule has 0 aromatic carbocycles. The average molecular weight is 1510 g/mol. The molecule has 0 bridgehead atoms. The van der Waals surface area contributed by atoms with Crippen LogP contribution in [0, 0.1) is 0 Å². The van der Waals surface area contributed by atoms with E-state index in [-0.39, 0.29) is 142 Å². The molecular weight excluding hydrogens is 1510 g/mol. The van der Waals surface area contributed by atoms with Crippen LogP contribution in [0.5, 0.6) is 0 Å². The quantitative estimate of drug-likeness (QED) is 0.160. The summed E-state index contributed by atoms with van der Waals surface area (Å²) in [5, 5.41) is 0. The second-order valence-corrected chi connectivity index (χ2v) is 13.4. The molecule has 0 heterocycles. The van der Waals surface area contributed by atoms with Crippen LogP contribution in [0.4, 0.5) is 0 Å². The van der Waals surface area contributed by atoms with Crippen LogP contribution in [0.3, 0.4) is 0 Å². The van der Waals surface area contributed by atoms with Gasteiger partial charge in [-0.3, -0.25) is 0 Å². The van der Waals surface area contributed by atoms with Crippen LogP contribution in [-0.2, 0) is 187 Å². The number of hydrogen-bond donors (Lipinski definition) is 0. The summed E-state index contributed by atoms with van der Waals surface area (Å²) < 4.78 is 85.5. The zero-order valence-electron chi connectivity index (χ0n) is 23.5. The first-order valence-electron chi connectivity index (χ1n) is 7.30. The average Bonchev–Trinajstić information content (AvgIpc) is 2.34. The summed E-state index contributed by atoms with van der Waals surface area (Å²) in [6, 6.07) is 0. The van der Waals surface area contributed by atoms with Crippen molar-refractivity contribution >= 4 is 78.2 Å². The van der Waals surface area contributed by atoms with Gasteiger partial charge in [0.05, 0.1) is 0 Å². The molecule has 0 N–H and O–H groups in total. The summed E-state index contributed by atoms with van der Waals surface area (Å²) in [6.07, 6.45) is 0. The van der Waals surface area contributed by atoms with Crippen LogP contribution < -0.4 is 147 Å². The van der Waals surface area contributed by atoms with Crippen LogP contribution >= 0.6 is 78.2 Å². The molecule has 0 fully saturated rings. The van der Waals surface area contributed by atoms with E-state index in [1.54, 1.807) is 0 Å². The van der Waals surface area contributed by atoms with Gasteiger partial charge in [0.15, 0.2) is 0 Å². The maximum absolute atomic E-state index is 8.55. The first kappa shape index (κ1) is 109. The molecule has 40 nitrogen and oxygen atoms in total. The largest absolute Gasteiger partial charge is 4.00 e. The standard InChI is InChI=1S/3Mo.10H3O4P.3Zr/c;;;10*1-5(2,3)4;;;/h;;;10*(H3,1,2,3,4);;;/q;;;;;;;;;;;;;3*+4/p-30. The van der Waals surface area contributed by atoms with E-state index in [4.69, 9.17) is 192 Å². The Balaban J connectivity index is -0.0000000224. The third kappa shape index (κ3) is 6120. The smallest absolute Gasteiger partial charge is 0.822 e. The molecule has 0 rings (SSSR count). The van der Waals surface area contributed by atoms with Gasteiger partial charge in [-0.2, -0.15) is 78.2 Å².